The normalized spacial score (nSPS) is 17.0. The van der Waals surface area contributed by atoms with Gasteiger partial charge in [0.15, 0.2) is 0 Å². The average Bonchev–Trinajstić information content (AvgIpc) is 2.84. The lowest BCUT2D eigenvalue weighted by Gasteiger charge is -2.30. The number of aliphatic hydroxyl groups is 4. The van der Waals surface area contributed by atoms with Gasteiger partial charge in [0, 0.05) is 31.9 Å². The van der Waals surface area contributed by atoms with Crippen LogP contribution in [0.4, 0.5) is 0 Å². The molecule has 4 atom stereocenters. The molecule has 10 nitrogen and oxygen atoms in total. The van der Waals surface area contributed by atoms with Gasteiger partial charge in [-0.05, 0) is 52.4 Å². The molecule has 0 aliphatic heterocycles. The van der Waals surface area contributed by atoms with Crippen LogP contribution < -0.4 is 0 Å². The maximum Gasteiger partial charge on any atom is 0.142 e. The van der Waals surface area contributed by atoms with Crippen molar-refractivity contribution in [2.75, 3.05) is 79.3 Å². The minimum Gasteiger partial charge on any atom is -0.394 e. The number of hydrogen-bond acceptors (Lipinski definition) is 10. The van der Waals surface area contributed by atoms with Crippen molar-refractivity contribution in [3.05, 3.63) is 0 Å². The van der Waals surface area contributed by atoms with E-state index in [1.165, 1.54) is 0 Å². The molecule has 0 aliphatic carbocycles. The van der Waals surface area contributed by atoms with Gasteiger partial charge in [0.1, 0.15) is 20.1 Å². The summed E-state index contributed by atoms with van der Waals surface area (Å²) in [4.78, 5) is 0. The molecule has 0 saturated carbocycles. The summed E-state index contributed by atoms with van der Waals surface area (Å²) >= 11 is 0. The molecule has 0 saturated heterocycles. The standard InChI is InChI=1S/C25H53BO10/c1-4-24(2,35-15-7-13-32-19-23(30)21-34-17-11-28)8-5-14-36-25(3,26)9-6-12-31-18-22(29)20-33-16-10-27/h22-23,27-30H,4-21,26H2,1-3H3. The lowest BCUT2D eigenvalue weighted by molar-refractivity contribution is -0.0631. The van der Waals surface area contributed by atoms with Gasteiger partial charge in [-0.3, -0.25) is 0 Å². The van der Waals surface area contributed by atoms with Crippen LogP contribution in [0, 0.1) is 0 Å². The molecule has 0 aliphatic rings. The Labute approximate surface area is 219 Å². The van der Waals surface area contributed by atoms with Crippen molar-refractivity contribution in [3.63, 3.8) is 0 Å². The summed E-state index contributed by atoms with van der Waals surface area (Å²) in [6.07, 6.45) is 3.78. The monoisotopic (exact) mass is 524 g/mol. The van der Waals surface area contributed by atoms with Gasteiger partial charge in [0.2, 0.25) is 0 Å². The van der Waals surface area contributed by atoms with Gasteiger partial charge in [-0.15, -0.1) is 0 Å². The molecule has 0 fully saturated rings. The molecule has 4 N–H and O–H groups in total. The third-order valence-electron chi connectivity index (χ3n) is 5.75. The zero-order valence-electron chi connectivity index (χ0n) is 23.1. The zero-order chi connectivity index (χ0) is 27.1. The molecule has 0 spiro atoms. The summed E-state index contributed by atoms with van der Waals surface area (Å²) < 4.78 is 33.3. The first-order valence-electron chi connectivity index (χ1n) is 13.3. The number of aliphatic hydroxyl groups excluding tert-OH is 4. The maximum atomic E-state index is 9.72. The summed E-state index contributed by atoms with van der Waals surface area (Å²) in [7, 11) is 2.08. The SMILES string of the molecule is BC(C)(CCCOCC(O)COCCO)OCCCC(C)(CC)OCCCOCC(O)COCCO. The number of ether oxygens (including phenoxy) is 6. The first kappa shape index (κ1) is 35.7. The Morgan fingerprint density at radius 1 is 0.639 bits per heavy atom. The Balaban J connectivity index is 3.86. The minimum atomic E-state index is -0.689. The molecule has 0 aromatic carbocycles. The molecular weight excluding hydrogens is 471 g/mol. The lowest BCUT2D eigenvalue weighted by Crippen LogP contribution is -2.32. The third kappa shape index (κ3) is 21.7. The Hall–Kier alpha value is -0.335. The topological polar surface area (TPSA) is 136 Å². The maximum absolute atomic E-state index is 9.72. The molecule has 0 radical (unpaired) electrons. The van der Waals surface area contributed by atoms with E-state index < -0.39 is 12.2 Å². The van der Waals surface area contributed by atoms with Gasteiger partial charge in [0.25, 0.3) is 0 Å². The third-order valence-corrected chi connectivity index (χ3v) is 5.75. The summed E-state index contributed by atoms with van der Waals surface area (Å²) in [5.74, 6) is 0. The van der Waals surface area contributed by atoms with E-state index in [1.54, 1.807) is 0 Å². The lowest BCUT2D eigenvalue weighted by atomic mass is 9.79. The second kappa shape index (κ2) is 22.6. The molecule has 11 heteroatoms. The van der Waals surface area contributed by atoms with Crippen molar-refractivity contribution < 1.29 is 48.8 Å². The second-order valence-electron chi connectivity index (χ2n) is 9.88. The quantitative estimate of drug-likeness (QED) is 0.0875. The molecule has 4 unspecified atom stereocenters. The fourth-order valence-electron chi connectivity index (χ4n) is 3.40. The molecule has 0 amide bonds. The van der Waals surface area contributed by atoms with E-state index in [0.717, 1.165) is 38.5 Å². The van der Waals surface area contributed by atoms with E-state index in [0.29, 0.717) is 26.4 Å². The zero-order valence-corrected chi connectivity index (χ0v) is 23.1. The van der Waals surface area contributed by atoms with Gasteiger partial charge in [-0.2, -0.15) is 0 Å². The van der Waals surface area contributed by atoms with Crippen LogP contribution in [-0.2, 0) is 28.4 Å². The van der Waals surface area contributed by atoms with Gasteiger partial charge in [-0.1, -0.05) is 6.92 Å². The van der Waals surface area contributed by atoms with Crippen LogP contribution in [0.3, 0.4) is 0 Å². The van der Waals surface area contributed by atoms with Crippen LogP contribution in [0.2, 0.25) is 0 Å². The van der Waals surface area contributed by atoms with Crippen LogP contribution in [-0.4, -0.2) is 131 Å². The molecule has 0 aromatic rings. The highest BCUT2D eigenvalue weighted by atomic mass is 16.5. The summed E-state index contributed by atoms with van der Waals surface area (Å²) in [5, 5.41) is 36.7. The molecule has 0 rings (SSSR count). The summed E-state index contributed by atoms with van der Waals surface area (Å²) in [5.41, 5.74) is -0.457. The second-order valence-corrected chi connectivity index (χ2v) is 9.88. The van der Waals surface area contributed by atoms with E-state index >= 15 is 0 Å². The van der Waals surface area contributed by atoms with E-state index in [1.807, 2.05) is 0 Å². The van der Waals surface area contributed by atoms with Gasteiger partial charge < -0.3 is 48.8 Å². The smallest absolute Gasteiger partial charge is 0.142 e. The van der Waals surface area contributed by atoms with Gasteiger partial charge in [-0.25, -0.2) is 0 Å². The van der Waals surface area contributed by atoms with Crippen molar-refractivity contribution in [3.8, 4) is 0 Å². The molecule has 0 heterocycles. The first-order valence-corrected chi connectivity index (χ1v) is 13.3. The fourth-order valence-corrected chi connectivity index (χ4v) is 3.40. The summed E-state index contributed by atoms with van der Waals surface area (Å²) in [6.45, 7) is 9.71. The minimum absolute atomic E-state index is 0.0553. The van der Waals surface area contributed by atoms with Crippen LogP contribution >= 0.6 is 0 Å². The number of rotatable bonds is 27. The highest BCUT2D eigenvalue weighted by molar-refractivity contribution is 6.14. The Morgan fingerprint density at radius 3 is 1.58 bits per heavy atom. The Bertz CT molecular complexity index is 486. The van der Waals surface area contributed by atoms with Crippen LogP contribution in [0.15, 0.2) is 0 Å². The van der Waals surface area contributed by atoms with Crippen molar-refractivity contribution in [2.24, 2.45) is 0 Å². The van der Waals surface area contributed by atoms with Gasteiger partial charge in [0.05, 0.1) is 58.5 Å². The van der Waals surface area contributed by atoms with Crippen LogP contribution in [0.25, 0.3) is 0 Å². The summed E-state index contributed by atoms with van der Waals surface area (Å²) in [6, 6.07) is 0. The van der Waals surface area contributed by atoms with Crippen molar-refractivity contribution in [2.45, 2.75) is 82.6 Å². The predicted octanol–water partition coefficient (Wildman–Crippen LogP) is 0.261. The highest BCUT2D eigenvalue weighted by Gasteiger charge is 2.23. The predicted molar refractivity (Wildman–Crippen MR) is 140 cm³/mol. The largest absolute Gasteiger partial charge is 0.394 e. The molecule has 36 heavy (non-hydrogen) atoms. The average molecular weight is 525 g/mol. The Morgan fingerprint density at radius 2 is 1.08 bits per heavy atom. The van der Waals surface area contributed by atoms with E-state index in [4.69, 9.17) is 38.6 Å². The highest BCUT2D eigenvalue weighted by Crippen LogP contribution is 2.23. The van der Waals surface area contributed by atoms with Crippen LogP contribution in [0.1, 0.15) is 59.3 Å². The first-order chi connectivity index (χ1) is 17.2. The van der Waals surface area contributed by atoms with Crippen molar-refractivity contribution in [1.82, 2.24) is 0 Å². The van der Waals surface area contributed by atoms with E-state index in [9.17, 15) is 10.2 Å². The molecule has 0 aromatic heterocycles. The van der Waals surface area contributed by atoms with E-state index in [2.05, 4.69) is 28.6 Å². The molecule has 0 bridgehead atoms. The molecular formula is C25H53BO10. The fraction of sp³-hybridized carbons (Fsp3) is 1.00. The molecule has 216 valence electrons. The van der Waals surface area contributed by atoms with Crippen molar-refractivity contribution >= 4 is 7.85 Å². The number of hydrogen-bond donors (Lipinski definition) is 4. The van der Waals surface area contributed by atoms with Gasteiger partial charge >= 0.3 is 0 Å². The Kier molecular flexibility index (Phi) is 22.4. The van der Waals surface area contributed by atoms with Crippen LogP contribution in [0.5, 0.6) is 0 Å². The van der Waals surface area contributed by atoms with E-state index in [-0.39, 0.29) is 64.0 Å². The van der Waals surface area contributed by atoms with Crippen molar-refractivity contribution in [1.29, 1.82) is 0 Å².